The smallest absolute Gasteiger partial charge is 0.391 e. The molecule has 316 valence electrons. The van der Waals surface area contributed by atoms with Gasteiger partial charge in [0, 0.05) is 6.42 Å². The lowest BCUT2D eigenvalue weighted by Gasteiger charge is -2.26. The molecule has 0 saturated carbocycles. The molecule has 0 spiro atoms. The van der Waals surface area contributed by atoms with Crippen molar-refractivity contribution in [2.45, 2.75) is 225 Å². The molecule has 0 aliphatic carbocycles. The fraction of sp³-hybridized carbons (Fsp3) is 0.932. The highest BCUT2D eigenvalue weighted by Gasteiger charge is 2.28. The van der Waals surface area contributed by atoms with Gasteiger partial charge in [0.25, 0.3) is 0 Å². The molecule has 0 rings (SSSR count). The molecule has 0 aromatic heterocycles. The molecule has 1 amide bonds. The predicted molar refractivity (Wildman–Crippen MR) is 226 cm³/mol. The van der Waals surface area contributed by atoms with Gasteiger partial charge in [-0.2, -0.15) is 0 Å². The fourth-order valence-corrected chi connectivity index (χ4v) is 7.36. The maximum Gasteiger partial charge on any atom is 0.472 e. The van der Waals surface area contributed by atoms with Crippen molar-refractivity contribution in [3.8, 4) is 0 Å². The summed E-state index contributed by atoms with van der Waals surface area (Å²) in [6, 6.07) is -0.760. The van der Waals surface area contributed by atoms with Gasteiger partial charge in [0.15, 0.2) is 0 Å². The van der Waals surface area contributed by atoms with E-state index in [1.165, 1.54) is 135 Å². The van der Waals surface area contributed by atoms with Crippen LogP contribution in [0.3, 0.4) is 0 Å². The number of carbonyl (C=O) groups excluding carboxylic acids is 1. The standard InChI is InChI=1S/C44H89N2O6P/c1-6-8-10-12-14-16-18-20-22-24-25-27-29-31-33-35-37-43(47)42(41-52-53(49,50)51-40-39-46(3,4)5)45-44(48)38-36-34-32-30-28-26-23-21-19-17-15-13-11-9-7-2/h21,23,42-43,47H,6-20,22,24-41H2,1-5H3,(H-,45,48,49,50)/p+1/b23-21+/t42-,43+/m0/s1. The van der Waals surface area contributed by atoms with Crippen molar-refractivity contribution in [3.05, 3.63) is 12.2 Å². The monoisotopic (exact) mass is 774 g/mol. The Hall–Kier alpha value is -0.760. The zero-order valence-electron chi connectivity index (χ0n) is 35.8. The Bertz CT molecular complexity index is 880. The largest absolute Gasteiger partial charge is 0.472 e. The number of carbonyl (C=O) groups is 1. The zero-order valence-corrected chi connectivity index (χ0v) is 36.7. The number of likely N-dealkylation sites (N-methyl/N-ethyl adjacent to an activating group) is 1. The van der Waals surface area contributed by atoms with Gasteiger partial charge in [0.2, 0.25) is 5.91 Å². The number of nitrogens with zero attached hydrogens (tertiary/aromatic N) is 1. The molecule has 1 unspecified atom stereocenters. The first-order valence-corrected chi connectivity index (χ1v) is 24.0. The van der Waals surface area contributed by atoms with Crippen LogP contribution < -0.4 is 5.32 Å². The summed E-state index contributed by atoms with van der Waals surface area (Å²) in [6.45, 7) is 4.88. The average molecular weight is 774 g/mol. The number of nitrogens with one attached hydrogen (secondary N) is 1. The first-order valence-electron chi connectivity index (χ1n) is 22.6. The summed E-state index contributed by atoms with van der Waals surface area (Å²) in [5, 5.41) is 14.0. The Morgan fingerprint density at radius 2 is 1.02 bits per heavy atom. The quantitative estimate of drug-likeness (QED) is 0.0247. The molecule has 0 aliphatic rings. The van der Waals surface area contributed by atoms with Gasteiger partial charge in [0.05, 0.1) is 39.9 Å². The van der Waals surface area contributed by atoms with Crippen molar-refractivity contribution in [2.75, 3.05) is 40.9 Å². The molecule has 0 radical (unpaired) electrons. The van der Waals surface area contributed by atoms with Gasteiger partial charge >= 0.3 is 7.82 Å². The Balaban J connectivity index is 4.36. The third kappa shape index (κ3) is 39.3. The number of hydrogen-bond acceptors (Lipinski definition) is 5. The van der Waals surface area contributed by atoms with Crippen molar-refractivity contribution in [3.63, 3.8) is 0 Å². The van der Waals surface area contributed by atoms with Crippen molar-refractivity contribution in [2.24, 2.45) is 0 Å². The first-order chi connectivity index (χ1) is 25.5. The minimum Gasteiger partial charge on any atom is -0.391 e. The van der Waals surface area contributed by atoms with Crippen LogP contribution in [-0.2, 0) is 18.4 Å². The highest BCUT2D eigenvalue weighted by molar-refractivity contribution is 7.47. The van der Waals surface area contributed by atoms with Crippen molar-refractivity contribution >= 4 is 13.7 Å². The fourth-order valence-electron chi connectivity index (χ4n) is 6.63. The molecule has 0 bridgehead atoms. The zero-order chi connectivity index (χ0) is 39.3. The van der Waals surface area contributed by atoms with E-state index in [-0.39, 0.29) is 19.1 Å². The Morgan fingerprint density at radius 1 is 0.623 bits per heavy atom. The van der Waals surface area contributed by atoms with E-state index in [1.54, 1.807) is 0 Å². The highest BCUT2D eigenvalue weighted by Crippen LogP contribution is 2.43. The summed E-state index contributed by atoms with van der Waals surface area (Å²) in [6.07, 6.45) is 40.9. The lowest BCUT2D eigenvalue weighted by molar-refractivity contribution is -0.870. The van der Waals surface area contributed by atoms with Crippen LogP contribution in [0.25, 0.3) is 0 Å². The molecule has 3 N–H and O–H groups in total. The number of quaternary nitrogens is 1. The number of rotatable bonds is 41. The van der Waals surface area contributed by atoms with Crippen molar-refractivity contribution in [1.82, 2.24) is 5.32 Å². The number of unbranched alkanes of at least 4 members (excludes halogenated alkanes) is 26. The van der Waals surface area contributed by atoms with E-state index in [1.807, 2.05) is 21.1 Å². The van der Waals surface area contributed by atoms with Crippen LogP contribution in [-0.4, -0.2) is 73.4 Å². The first kappa shape index (κ1) is 52.2. The van der Waals surface area contributed by atoms with Crippen LogP contribution in [0.5, 0.6) is 0 Å². The predicted octanol–water partition coefficient (Wildman–Crippen LogP) is 12.4. The van der Waals surface area contributed by atoms with Crippen LogP contribution in [0.15, 0.2) is 12.2 Å². The number of phosphoric acid groups is 1. The molecule has 0 fully saturated rings. The molecular formula is C44H90N2O6P+. The Morgan fingerprint density at radius 3 is 1.45 bits per heavy atom. The normalized spacial score (nSPS) is 14.5. The molecule has 8 nitrogen and oxygen atoms in total. The number of hydrogen-bond donors (Lipinski definition) is 3. The highest BCUT2D eigenvalue weighted by atomic mass is 31.2. The van der Waals surface area contributed by atoms with Crippen LogP contribution in [0.2, 0.25) is 0 Å². The minimum absolute atomic E-state index is 0.0749. The summed E-state index contributed by atoms with van der Waals surface area (Å²) in [4.78, 5) is 23.1. The SMILES string of the molecule is CCCCCCCC/C=C/CCCCCCCC(=O)N[C@@H](COP(=O)(O)OCC[N+](C)(C)C)[C@H](O)CCCCCCCCCCCCCCCCCC. The molecular weight excluding hydrogens is 683 g/mol. The van der Waals surface area contributed by atoms with Crippen molar-refractivity contribution < 1.29 is 32.9 Å². The lowest BCUT2D eigenvalue weighted by atomic mass is 10.0. The molecule has 53 heavy (non-hydrogen) atoms. The number of amides is 1. The van der Waals surface area contributed by atoms with E-state index >= 15 is 0 Å². The summed E-state index contributed by atoms with van der Waals surface area (Å²) in [5.41, 5.74) is 0. The summed E-state index contributed by atoms with van der Waals surface area (Å²) < 4.78 is 23.6. The van der Waals surface area contributed by atoms with E-state index in [4.69, 9.17) is 9.05 Å². The second-order valence-electron chi connectivity index (χ2n) is 16.8. The van der Waals surface area contributed by atoms with Crippen LogP contribution >= 0.6 is 7.82 Å². The van der Waals surface area contributed by atoms with E-state index in [9.17, 15) is 19.4 Å². The summed E-state index contributed by atoms with van der Waals surface area (Å²) >= 11 is 0. The Kier molecular flexibility index (Phi) is 36.3. The van der Waals surface area contributed by atoms with Gasteiger partial charge in [-0.3, -0.25) is 13.8 Å². The average Bonchev–Trinajstić information content (AvgIpc) is 3.10. The topological polar surface area (TPSA) is 105 Å². The van der Waals surface area contributed by atoms with Gasteiger partial charge in [0.1, 0.15) is 13.2 Å². The van der Waals surface area contributed by atoms with Gasteiger partial charge < -0.3 is 19.8 Å². The second-order valence-corrected chi connectivity index (χ2v) is 18.2. The van der Waals surface area contributed by atoms with Gasteiger partial charge in [-0.25, -0.2) is 4.57 Å². The van der Waals surface area contributed by atoms with Gasteiger partial charge in [-0.15, -0.1) is 0 Å². The molecule has 0 aromatic carbocycles. The van der Waals surface area contributed by atoms with Crippen LogP contribution in [0.4, 0.5) is 0 Å². The molecule has 3 atom stereocenters. The van der Waals surface area contributed by atoms with E-state index < -0.39 is 20.0 Å². The van der Waals surface area contributed by atoms with Gasteiger partial charge in [-0.1, -0.05) is 180 Å². The number of aliphatic hydroxyl groups is 1. The molecule has 0 saturated heterocycles. The lowest BCUT2D eigenvalue weighted by Crippen LogP contribution is -2.46. The number of phosphoric ester groups is 1. The molecule has 0 aromatic rings. The number of allylic oxidation sites excluding steroid dienone is 2. The summed E-state index contributed by atoms with van der Waals surface area (Å²) in [7, 11) is 1.62. The maximum absolute atomic E-state index is 12.9. The molecule has 9 heteroatoms. The summed E-state index contributed by atoms with van der Waals surface area (Å²) in [5.74, 6) is -0.152. The second kappa shape index (κ2) is 36.9. The van der Waals surface area contributed by atoms with Crippen LogP contribution in [0.1, 0.15) is 213 Å². The maximum atomic E-state index is 12.9. The minimum atomic E-state index is -4.31. The Labute approximate surface area is 329 Å². The van der Waals surface area contributed by atoms with Crippen LogP contribution in [0, 0.1) is 0 Å². The van der Waals surface area contributed by atoms with Crippen molar-refractivity contribution in [1.29, 1.82) is 0 Å². The molecule has 0 heterocycles. The van der Waals surface area contributed by atoms with E-state index in [2.05, 4.69) is 31.3 Å². The third-order valence-electron chi connectivity index (χ3n) is 10.3. The number of aliphatic hydroxyl groups excluding tert-OH is 1. The van der Waals surface area contributed by atoms with E-state index in [0.29, 0.717) is 23.9 Å². The molecule has 0 aliphatic heterocycles. The van der Waals surface area contributed by atoms with Gasteiger partial charge in [-0.05, 0) is 38.5 Å². The van der Waals surface area contributed by atoms with E-state index in [0.717, 1.165) is 51.4 Å². The third-order valence-corrected chi connectivity index (χ3v) is 11.2.